The summed E-state index contributed by atoms with van der Waals surface area (Å²) in [5.74, 6) is -0.179. The molecule has 1 heterocycles. The Morgan fingerprint density at radius 2 is 2.00 bits per heavy atom. The molecule has 1 aliphatic heterocycles. The van der Waals surface area contributed by atoms with Gasteiger partial charge in [-0.2, -0.15) is 0 Å². The summed E-state index contributed by atoms with van der Waals surface area (Å²) >= 11 is 0. The van der Waals surface area contributed by atoms with Gasteiger partial charge in [0.05, 0.1) is 0 Å². The lowest BCUT2D eigenvalue weighted by molar-refractivity contribution is -0.274. The lowest BCUT2D eigenvalue weighted by Crippen LogP contribution is -2.45. The van der Waals surface area contributed by atoms with Crippen molar-refractivity contribution >= 4 is 5.69 Å². The van der Waals surface area contributed by atoms with Crippen molar-refractivity contribution in [3.8, 4) is 5.75 Å². The average molecular weight is 288 g/mol. The number of nitrogens with zero attached hydrogens (tertiary/aromatic N) is 1. The molecule has 1 unspecified atom stereocenters. The number of piperidine rings is 1. The summed E-state index contributed by atoms with van der Waals surface area (Å²) in [4.78, 5) is 2.19. The molecule has 2 rings (SSSR count). The van der Waals surface area contributed by atoms with Crippen LogP contribution in [0.5, 0.6) is 5.75 Å². The molecule has 1 N–H and O–H groups in total. The van der Waals surface area contributed by atoms with Crippen LogP contribution in [0.25, 0.3) is 0 Å². The monoisotopic (exact) mass is 288 g/mol. The Kier molecular flexibility index (Phi) is 4.75. The van der Waals surface area contributed by atoms with Gasteiger partial charge in [-0.05, 0) is 43.7 Å². The van der Waals surface area contributed by atoms with Gasteiger partial charge >= 0.3 is 6.36 Å². The number of likely N-dealkylation sites (N-methyl/N-ethyl adjacent to an activating group) is 1. The zero-order valence-electron chi connectivity index (χ0n) is 11.4. The van der Waals surface area contributed by atoms with E-state index >= 15 is 0 Å². The second-order valence-corrected chi connectivity index (χ2v) is 4.88. The fraction of sp³-hybridized carbons (Fsp3) is 0.571. The van der Waals surface area contributed by atoms with E-state index in [1.807, 2.05) is 0 Å². The molecule has 1 saturated heterocycles. The zero-order chi connectivity index (χ0) is 14.6. The Morgan fingerprint density at radius 1 is 1.30 bits per heavy atom. The fourth-order valence-corrected chi connectivity index (χ4v) is 2.53. The summed E-state index contributed by atoms with van der Waals surface area (Å²) in [6.07, 6.45) is -2.42. The fourth-order valence-electron chi connectivity index (χ4n) is 2.53. The molecular weight excluding hydrogens is 269 g/mol. The number of hydrogen-bond donors (Lipinski definition) is 1. The van der Waals surface area contributed by atoms with Crippen molar-refractivity contribution in [2.45, 2.75) is 32.2 Å². The highest BCUT2D eigenvalue weighted by atomic mass is 19.4. The maximum absolute atomic E-state index is 12.1. The van der Waals surface area contributed by atoms with Crippen molar-refractivity contribution in [3.63, 3.8) is 0 Å². The second-order valence-electron chi connectivity index (χ2n) is 4.88. The molecule has 1 atom stereocenters. The van der Waals surface area contributed by atoms with Gasteiger partial charge in [0.15, 0.2) is 0 Å². The van der Waals surface area contributed by atoms with Gasteiger partial charge in [0.1, 0.15) is 5.75 Å². The molecule has 0 aromatic heterocycles. The first-order valence-electron chi connectivity index (χ1n) is 6.82. The van der Waals surface area contributed by atoms with Gasteiger partial charge in [-0.25, -0.2) is 0 Å². The van der Waals surface area contributed by atoms with Crippen LogP contribution in [0.1, 0.15) is 19.8 Å². The van der Waals surface area contributed by atoms with Gasteiger partial charge in [-0.15, -0.1) is 13.2 Å². The highest BCUT2D eigenvalue weighted by Gasteiger charge is 2.31. The molecule has 1 aliphatic rings. The normalized spacial score (nSPS) is 20.0. The second kappa shape index (κ2) is 6.35. The number of anilines is 1. The summed E-state index contributed by atoms with van der Waals surface area (Å²) in [7, 11) is 0. The average Bonchev–Trinajstić information content (AvgIpc) is 2.38. The summed E-state index contributed by atoms with van der Waals surface area (Å²) in [6.45, 7) is 4.81. The van der Waals surface area contributed by atoms with Crippen LogP contribution >= 0.6 is 0 Å². The first-order valence-corrected chi connectivity index (χ1v) is 6.82. The van der Waals surface area contributed by atoms with E-state index in [1.54, 1.807) is 12.1 Å². The quantitative estimate of drug-likeness (QED) is 0.921. The van der Waals surface area contributed by atoms with Crippen LogP contribution in [0.2, 0.25) is 0 Å². The molecule has 1 aromatic rings. The number of halogens is 3. The zero-order valence-corrected chi connectivity index (χ0v) is 11.4. The van der Waals surface area contributed by atoms with E-state index in [4.69, 9.17) is 0 Å². The van der Waals surface area contributed by atoms with Crippen molar-refractivity contribution in [2.24, 2.45) is 0 Å². The summed E-state index contributed by atoms with van der Waals surface area (Å²) in [5, 5.41) is 3.41. The van der Waals surface area contributed by atoms with Gasteiger partial charge in [-0.1, -0.05) is 6.92 Å². The molecule has 0 spiro atoms. The van der Waals surface area contributed by atoms with Crippen molar-refractivity contribution < 1.29 is 17.9 Å². The molecule has 6 heteroatoms. The Hall–Kier alpha value is -1.43. The molecule has 0 radical (unpaired) electrons. The number of alkyl halides is 3. The third-order valence-electron chi connectivity index (χ3n) is 3.35. The van der Waals surface area contributed by atoms with Gasteiger partial charge < -0.3 is 15.0 Å². The molecule has 112 valence electrons. The van der Waals surface area contributed by atoms with E-state index in [2.05, 4.69) is 21.9 Å². The standard InChI is InChI=1S/C14H19F3N2O/c1-2-18-11-4-3-9-19(10-11)12-5-7-13(8-6-12)20-14(15,16)17/h5-8,11,18H,2-4,9-10H2,1H3. The van der Waals surface area contributed by atoms with E-state index in [1.165, 1.54) is 12.1 Å². The van der Waals surface area contributed by atoms with Crippen LogP contribution < -0.4 is 15.0 Å². The predicted octanol–water partition coefficient (Wildman–Crippen LogP) is 3.16. The van der Waals surface area contributed by atoms with Crippen molar-refractivity contribution in [2.75, 3.05) is 24.5 Å². The Balaban J connectivity index is 1.98. The van der Waals surface area contributed by atoms with Gasteiger partial charge in [-0.3, -0.25) is 0 Å². The van der Waals surface area contributed by atoms with E-state index in [9.17, 15) is 13.2 Å². The van der Waals surface area contributed by atoms with Crippen LogP contribution in [0.4, 0.5) is 18.9 Å². The Labute approximate surface area is 116 Å². The van der Waals surface area contributed by atoms with Crippen LogP contribution in [-0.4, -0.2) is 32.0 Å². The first kappa shape index (κ1) is 15.0. The number of rotatable bonds is 4. The highest BCUT2D eigenvalue weighted by Crippen LogP contribution is 2.26. The highest BCUT2D eigenvalue weighted by molar-refractivity contribution is 5.49. The minimum Gasteiger partial charge on any atom is -0.406 e. The molecule has 1 fully saturated rings. The smallest absolute Gasteiger partial charge is 0.406 e. The molecule has 0 bridgehead atoms. The van der Waals surface area contributed by atoms with Crippen LogP contribution in [0.3, 0.4) is 0 Å². The summed E-state index contributed by atoms with van der Waals surface area (Å²) in [5.41, 5.74) is 0.933. The minimum atomic E-state index is -4.64. The van der Waals surface area contributed by atoms with Gasteiger partial charge in [0.2, 0.25) is 0 Å². The topological polar surface area (TPSA) is 24.5 Å². The SMILES string of the molecule is CCNC1CCCN(c2ccc(OC(F)(F)F)cc2)C1. The van der Waals surface area contributed by atoms with Crippen molar-refractivity contribution in [3.05, 3.63) is 24.3 Å². The van der Waals surface area contributed by atoms with Crippen LogP contribution in [-0.2, 0) is 0 Å². The lowest BCUT2D eigenvalue weighted by atomic mass is 10.0. The maximum Gasteiger partial charge on any atom is 0.573 e. The van der Waals surface area contributed by atoms with E-state index < -0.39 is 6.36 Å². The van der Waals surface area contributed by atoms with Crippen LogP contribution in [0, 0.1) is 0 Å². The summed E-state index contributed by atoms with van der Waals surface area (Å²) in [6, 6.07) is 6.52. The number of benzene rings is 1. The van der Waals surface area contributed by atoms with E-state index in [0.29, 0.717) is 6.04 Å². The third kappa shape index (κ3) is 4.30. The Morgan fingerprint density at radius 3 is 2.60 bits per heavy atom. The van der Waals surface area contributed by atoms with Crippen LogP contribution in [0.15, 0.2) is 24.3 Å². The first-order chi connectivity index (χ1) is 9.48. The van der Waals surface area contributed by atoms with Crippen molar-refractivity contribution in [1.82, 2.24) is 5.32 Å². The number of nitrogens with one attached hydrogen (secondary N) is 1. The lowest BCUT2D eigenvalue weighted by Gasteiger charge is -2.34. The maximum atomic E-state index is 12.1. The van der Waals surface area contributed by atoms with E-state index in [0.717, 1.165) is 38.2 Å². The molecule has 0 aliphatic carbocycles. The molecule has 20 heavy (non-hydrogen) atoms. The molecule has 0 amide bonds. The minimum absolute atomic E-state index is 0.179. The predicted molar refractivity (Wildman–Crippen MR) is 72.0 cm³/mol. The molecule has 3 nitrogen and oxygen atoms in total. The third-order valence-corrected chi connectivity index (χ3v) is 3.35. The van der Waals surface area contributed by atoms with E-state index in [-0.39, 0.29) is 5.75 Å². The summed E-state index contributed by atoms with van der Waals surface area (Å²) < 4.78 is 40.1. The van der Waals surface area contributed by atoms with Gasteiger partial charge in [0, 0.05) is 24.8 Å². The van der Waals surface area contributed by atoms with Crippen molar-refractivity contribution in [1.29, 1.82) is 0 Å². The molecular formula is C14H19F3N2O. The number of hydrogen-bond acceptors (Lipinski definition) is 3. The largest absolute Gasteiger partial charge is 0.573 e. The molecule has 1 aromatic carbocycles. The van der Waals surface area contributed by atoms with Gasteiger partial charge in [0.25, 0.3) is 0 Å². The number of ether oxygens (including phenoxy) is 1. The molecule has 0 saturated carbocycles. The Bertz CT molecular complexity index is 417.